The van der Waals surface area contributed by atoms with Crippen molar-refractivity contribution in [2.24, 2.45) is 0 Å². The zero-order valence-corrected chi connectivity index (χ0v) is 14.4. The quantitative estimate of drug-likeness (QED) is 0.825. The second kappa shape index (κ2) is 7.90. The van der Waals surface area contributed by atoms with Gasteiger partial charge in [0.1, 0.15) is 12.3 Å². The lowest BCUT2D eigenvalue weighted by atomic mass is 10.2. The second-order valence-electron chi connectivity index (χ2n) is 5.55. The number of benzene rings is 2. The van der Waals surface area contributed by atoms with E-state index in [1.165, 1.54) is 7.11 Å². The van der Waals surface area contributed by atoms with Crippen LogP contribution in [0.25, 0.3) is 0 Å². The van der Waals surface area contributed by atoms with Crippen molar-refractivity contribution in [2.45, 2.75) is 13.8 Å². The van der Waals surface area contributed by atoms with Gasteiger partial charge in [-0.2, -0.15) is 0 Å². The number of carbonyl (C=O) groups excluding carboxylic acids is 2. The van der Waals surface area contributed by atoms with E-state index in [-0.39, 0.29) is 0 Å². The van der Waals surface area contributed by atoms with E-state index < -0.39 is 41.5 Å². The number of hydrogen-bond acceptors (Lipinski definition) is 3. The van der Waals surface area contributed by atoms with Crippen molar-refractivity contribution in [3.63, 3.8) is 0 Å². The van der Waals surface area contributed by atoms with E-state index in [1.54, 1.807) is 18.2 Å². The number of ether oxygens (including phenoxy) is 1. The van der Waals surface area contributed by atoms with Crippen LogP contribution in [-0.4, -0.2) is 25.5 Å². The molecular weight excluding hydrogens is 349 g/mol. The monoisotopic (exact) mass is 366 g/mol. The van der Waals surface area contributed by atoms with Crippen LogP contribution in [0.5, 0.6) is 5.75 Å². The van der Waals surface area contributed by atoms with Crippen molar-refractivity contribution >= 4 is 23.2 Å². The summed E-state index contributed by atoms with van der Waals surface area (Å²) >= 11 is 0. The Morgan fingerprint density at radius 1 is 1.12 bits per heavy atom. The zero-order chi connectivity index (χ0) is 19.4. The minimum atomic E-state index is -1.71. The standard InChI is InChI=1S/C18H17F3N2O3/c1-10-4-7-15(26-3)13(8-10)22-16(25)9-23(11(2)24)14-6-5-12(19)17(20)18(14)21/h4-8H,9H2,1-3H3,(H,22,25). The summed E-state index contributed by atoms with van der Waals surface area (Å²) in [6.45, 7) is 2.31. The summed E-state index contributed by atoms with van der Waals surface area (Å²) in [4.78, 5) is 24.8. The van der Waals surface area contributed by atoms with E-state index in [0.717, 1.165) is 23.5 Å². The summed E-state index contributed by atoms with van der Waals surface area (Å²) in [6, 6.07) is 6.68. The van der Waals surface area contributed by atoms with Crippen molar-refractivity contribution in [3.05, 3.63) is 53.3 Å². The van der Waals surface area contributed by atoms with Crippen molar-refractivity contribution < 1.29 is 27.5 Å². The van der Waals surface area contributed by atoms with Crippen LogP contribution in [0, 0.1) is 24.4 Å². The smallest absolute Gasteiger partial charge is 0.244 e. The maximum Gasteiger partial charge on any atom is 0.244 e. The van der Waals surface area contributed by atoms with Crippen molar-refractivity contribution in [3.8, 4) is 5.75 Å². The van der Waals surface area contributed by atoms with Gasteiger partial charge in [0.2, 0.25) is 11.8 Å². The fourth-order valence-corrected chi connectivity index (χ4v) is 2.34. The minimum Gasteiger partial charge on any atom is -0.495 e. The van der Waals surface area contributed by atoms with Gasteiger partial charge in [-0.1, -0.05) is 6.07 Å². The first-order valence-corrected chi connectivity index (χ1v) is 7.60. The molecule has 0 bridgehead atoms. The molecule has 5 nitrogen and oxygen atoms in total. The van der Waals surface area contributed by atoms with E-state index in [2.05, 4.69) is 5.32 Å². The Hall–Kier alpha value is -3.03. The number of amides is 2. The maximum absolute atomic E-state index is 14.0. The summed E-state index contributed by atoms with van der Waals surface area (Å²) in [7, 11) is 1.43. The lowest BCUT2D eigenvalue weighted by molar-refractivity contribution is -0.120. The summed E-state index contributed by atoms with van der Waals surface area (Å²) in [6.07, 6.45) is 0. The third-order valence-corrected chi connectivity index (χ3v) is 3.62. The van der Waals surface area contributed by atoms with Gasteiger partial charge in [-0.3, -0.25) is 9.59 Å². The molecule has 0 radical (unpaired) electrons. The Bertz CT molecular complexity index is 856. The van der Waals surface area contributed by atoms with Crippen LogP contribution in [0.2, 0.25) is 0 Å². The highest BCUT2D eigenvalue weighted by atomic mass is 19.2. The molecule has 0 unspecified atom stereocenters. The molecule has 2 aromatic rings. The molecule has 0 aromatic heterocycles. The normalized spacial score (nSPS) is 10.4. The van der Waals surface area contributed by atoms with Crippen LogP contribution in [0.15, 0.2) is 30.3 Å². The fraction of sp³-hybridized carbons (Fsp3) is 0.222. The Kier molecular flexibility index (Phi) is 5.86. The Morgan fingerprint density at radius 3 is 2.42 bits per heavy atom. The summed E-state index contributed by atoms with van der Waals surface area (Å²) < 4.78 is 45.6. The van der Waals surface area contributed by atoms with E-state index >= 15 is 0 Å². The number of nitrogens with zero attached hydrogens (tertiary/aromatic N) is 1. The van der Waals surface area contributed by atoms with Crippen LogP contribution < -0.4 is 15.0 Å². The Morgan fingerprint density at radius 2 is 1.81 bits per heavy atom. The van der Waals surface area contributed by atoms with Crippen LogP contribution in [0.1, 0.15) is 12.5 Å². The topological polar surface area (TPSA) is 58.6 Å². The number of aryl methyl sites for hydroxylation is 1. The van der Waals surface area contributed by atoms with Gasteiger partial charge in [0.25, 0.3) is 0 Å². The molecule has 2 aromatic carbocycles. The number of rotatable bonds is 5. The molecule has 26 heavy (non-hydrogen) atoms. The van der Waals surface area contributed by atoms with Crippen molar-refractivity contribution in [1.29, 1.82) is 0 Å². The molecule has 8 heteroatoms. The molecule has 0 spiro atoms. The number of halogens is 3. The molecule has 138 valence electrons. The minimum absolute atomic E-state index is 0.367. The van der Waals surface area contributed by atoms with Crippen LogP contribution in [-0.2, 0) is 9.59 Å². The highest BCUT2D eigenvalue weighted by Gasteiger charge is 2.23. The van der Waals surface area contributed by atoms with Gasteiger partial charge in [0.05, 0.1) is 18.5 Å². The third-order valence-electron chi connectivity index (χ3n) is 3.62. The van der Waals surface area contributed by atoms with E-state index in [0.29, 0.717) is 17.5 Å². The van der Waals surface area contributed by atoms with Gasteiger partial charge in [0.15, 0.2) is 17.5 Å². The molecule has 0 aliphatic rings. The van der Waals surface area contributed by atoms with Crippen LogP contribution >= 0.6 is 0 Å². The van der Waals surface area contributed by atoms with Crippen LogP contribution in [0.4, 0.5) is 24.5 Å². The zero-order valence-electron chi connectivity index (χ0n) is 14.4. The first kappa shape index (κ1) is 19.3. The molecule has 2 amide bonds. The number of carbonyl (C=O) groups is 2. The number of hydrogen-bond donors (Lipinski definition) is 1. The number of anilines is 2. The Labute approximate surface area is 148 Å². The third kappa shape index (κ3) is 4.14. The predicted octanol–water partition coefficient (Wildman–Crippen LogP) is 3.41. The first-order chi connectivity index (χ1) is 12.2. The Balaban J connectivity index is 2.26. The second-order valence-corrected chi connectivity index (χ2v) is 5.55. The van der Waals surface area contributed by atoms with Crippen molar-refractivity contribution in [2.75, 3.05) is 23.9 Å². The first-order valence-electron chi connectivity index (χ1n) is 7.60. The largest absolute Gasteiger partial charge is 0.495 e. The highest BCUT2D eigenvalue weighted by molar-refractivity contribution is 6.02. The van der Waals surface area contributed by atoms with Gasteiger partial charge in [-0.25, -0.2) is 13.2 Å². The molecule has 2 rings (SSSR count). The van der Waals surface area contributed by atoms with Gasteiger partial charge in [-0.05, 0) is 36.8 Å². The van der Waals surface area contributed by atoms with E-state index in [9.17, 15) is 22.8 Å². The van der Waals surface area contributed by atoms with Gasteiger partial charge in [-0.15, -0.1) is 0 Å². The lowest BCUT2D eigenvalue weighted by Crippen LogP contribution is -2.37. The molecule has 0 aliphatic heterocycles. The number of nitrogens with one attached hydrogen (secondary N) is 1. The average molecular weight is 366 g/mol. The molecule has 0 heterocycles. The lowest BCUT2D eigenvalue weighted by Gasteiger charge is -2.22. The predicted molar refractivity (Wildman–Crippen MR) is 90.7 cm³/mol. The molecular formula is C18H17F3N2O3. The molecule has 0 aliphatic carbocycles. The molecule has 0 atom stereocenters. The van der Waals surface area contributed by atoms with Gasteiger partial charge in [0, 0.05) is 6.92 Å². The van der Waals surface area contributed by atoms with E-state index in [4.69, 9.17) is 4.74 Å². The SMILES string of the molecule is COc1ccc(C)cc1NC(=O)CN(C(C)=O)c1ccc(F)c(F)c1F. The maximum atomic E-state index is 14.0. The van der Waals surface area contributed by atoms with E-state index in [1.807, 2.05) is 6.92 Å². The average Bonchev–Trinajstić information content (AvgIpc) is 2.58. The summed E-state index contributed by atoms with van der Waals surface area (Å²) in [5, 5.41) is 2.55. The molecule has 0 saturated heterocycles. The fourth-order valence-electron chi connectivity index (χ4n) is 2.34. The van der Waals surface area contributed by atoms with Gasteiger partial charge < -0.3 is 15.0 Å². The molecule has 0 fully saturated rings. The number of methoxy groups -OCH3 is 1. The summed E-state index contributed by atoms with van der Waals surface area (Å²) in [5.74, 6) is -5.61. The van der Waals surface area contributed by atoms with Gasteiger partial charge >= 0.3 is 0 Å². The molecule has 1 N–H and O–H groups in total. The summed E-state index contributed by atoms with van der Waals surface area (Å²) in [5.41, 5.74) is 0.700. The molecule has 0 saturated carbocycles. The van der Waals surface area contributed by atoms with Crippen LogP contribution in [0.3, 0.4) is 0 Å². The van der Waals surface area contributed by atoms with Crippen molar-refractivity contribution in [1.82, 2.24) is 0 Å². The highest BCUT2D eigenvalue weighted by Crippen LogP contribution is 2.26.